The lowest BCUT2D eigenvalue weighted by Gasteiger charge is -2.13. The van der Waals surface area contributed by atoms with E-state index in [0.29, 0.717) is 23.8 Å². The highest BCUT2D eigenvalue weighted by molar-refractivity contribution is 5.91. The average molecular weight is 321 g/mol. The Labute approximate surface area is 136 Å². The Balaban J connectivity index is 2.01. The van der Waals surface area contributed by atoms with Gasteiger partial charge in [0.1, 0.15) is 0 Å². The number of nitrogens with one attached hydrogen (secondary N) is 1. The second-order valence-electron chi connectivity index (χ2n) is 5.17. The zero-order valence-electron chi connectivity index (χ0n) is 13.8. The minimum absolute atomic E-state index is 0.133. The van der Waals surface area contributed by atoms with Crippen LogP contribution >= 0.6 is 0 Å². The van der Waals surface area contributed by atoms with E-state index in [1.807, 2.05) is 0 Å². The Bertz CT molecular complexity index is 539. The van der Waals surface area contributed by atoms with Crippen molar-refractivity contribution in [3.05, 3.63) is 23.8 Å². The van der Waals surface area contributed by atoms with Crippen molar-refractivity contribution < 1.29 is 23.7 Å². The average Bonchev–Trinajstić information content (AvgIpc) is 3.10. The molecule has 1 N–H and O–H groups in total. The SMILES string of the molecule is COc1cc(/C=C/C(=O)NC[C@@H]2CCCO2)cc(OC)c1OC. The highest BCUT2D eigenvalue weighted by Gasteiger charge is 2.15. The van der Waals surface area contributed by atoms with E-state index in [0.717, 1.165) is 25.0 Å². The van der Waals surface area contributed by atoms with Gasteiger partial charge in [0.25, 0.3) is 0 Å². The van der Waals surface area contributed by atoms with Crippen LogP contribution in [0.2, 0.25) is 0 Å². The Kier molecular flexibility index (Phi) is 6.29. The molecule has 1 aliphatic heterocycles. The van der Waals surface area contributed by atoms with Crippen LogP contribution in [0.25, 0.3) is 6.08 Å². The summed E-state index contributed by atoms with van der Waals surface area (Å²) in [6.45, 7) is 1.32. The van der Waals surface area contributed by atoms with Gasteiger partial charge in [-0.25, -0.2) is 0 Å². The quantitative estimate of drug-likeness (QED) is 0.778. The lowest BCUT2D eigenvalue weighted by atomic mass is 10.1. The Hall–Kier alpha value is -2.21. The van der Waals surface area contributed by atoms with Crippen LogP contribution in [0.15, 0.2) is 18.2 Å². The molecule has 6 nitrogen and oxygen atoms in total. The smallest absolute Gasteiger partial charge is 0.244 e. The van der Waals surface area contributed by atoms with E-state index in [9.17, 15) is 4.79 Å². The number of methoxy groups -OCH3 is 3. The number of carbonyl (C=O) groups excluding carboxylic acids is 1. The number of carbonyl (C=O) groups is 1. The Morgan fingerprint density at radius 1 is 1.26 bits per heavy atom. The predicted octanol–water partition coefficient (Wildman–Crippen LogP) is 2.02. The van der Waals surface area contributed by atoms with E-state index >= 15 is 0 Å². The first kappa shape index (κ1) is 17.1. The molecular weight excluding hydrogens is 298 g/mol. The van der Waals surface area contributed by atoms with Gasteiger partial charge in [-0.05, 0) is 36.6 Å². The second kappa shape index (κ2) is 8.43. The monoisotopic (exact) mass is 321 g/mol. The minimum atomic E-state index is -0.158. The maximum absolute atomic E-state index is 11.9. The van der Waals surface area contributed by atoms with E-state index in [4.69, 9.17) is 18.9 Å². The summed E-state index contributed by atoms with van der Waals surface area (Å²) in [4.78, 5) is 11.9. The second-order valence-corrected chi connectivity index (χ2v) is 5.17. The minimum Gasteiger partial charge on any atom is -0.493 e. The molecule has 1 aromatic rings. The molecule has 1 atom stereocenters. The van der Waals surface area contributed by atoms with Crippen molar-refractivity contribution in [2.24, 2.45) is 0 Å². The van der Waals surface area contributed by atoms with Gasteiger partial charge in [-0.3, -0.25) is 4.79 Å². The molecule has 0 aromatic heterocycles. The van der Waals surface area contributed by atoms with Gasteiger partial charge in [-0.15, -0.1) is 0 Å². The first-order chi connectivity index (χ1) is 11.2. The van der Waals surface area contributed by atoms with Gasteiger partial charge in [-0.1, -0.05) is 0 Å². The highest BCUT2D eigenvalue weighted by atomic mass is 16.5. The van der Waals surface area contributed by atoms with Gasteiger partial charge < -0.3 is 24.3 Å². The Morgan fingerprint density at radius 3 is 2.48 bits per heavy atom. The van der Waals surface area contributed by atoms with E-state index in [1.54, 1.807) is 39.5 Å². The van der Waals surface area contributed by atoms with Gasteiger partial charge in [-0.2, -0.15) is 0 Å². The van der Waals surface area contributed by atoms with E-state index < -0.39 is 0 Å². The van der Waals surface area contributed by atoms with Crippen LogP contribution in [0, 0.1) is 0 Å². The molecule has 1 saturated heterocycles. The molecule has 1 aromatic carbocycles. The van der Waals surface area contributed by atoms with Gasteiger partial charge in [0.05, 0.1) is 27.4 Å². The summed E-state index contributed by atoms with van der Waals surface area (Å²) in [5, 5.41) is 2.84. The van der Waals surface area contributed by atoms with E-state index in [1.165, 1.54) is 6.08 Å². The van der Waals surface area contributed by atoms with Gasteiger partial charge in [0.15, 0.2) is 11.5 Å². The van der Waals surface area contributed by atoms with Gasteiger partial charge in [0, 0.05) is 19.2 Å². The molecule has 1 aliphatic rings. The highest BCUT2D eigenvalue weighted by Crippen LogP contribution is 2.38. The first-order valence-electron chi connectivity index (χ1n) is 7.55. The summed E-state index contributed by atoms with van der Waals surface area (Å²) in [5.74, 6) is 1.46. The van der Waals surface area contributed by atoms with Crippen molar-refractivity contribution in [1.82, 2.24) is 5.32 Å². The van der Waals surface area contributed by atoms with Crippen molar-refractivity contribution in [3.63, 3.8) is 0 Å². The number of benzene rings is 1. The van der Waals surface area contributed by atoms with Gasteiger partial charge in [0.2, 0.25) is 11.7 Å². The normalized spacial score (nSPS) is 17.3. The first-order valence-corrected chi connectivity index (χ1v) is 7.55. The lowest BCUT2D eigenvalue weighted by molar-refractivity contribution is -0.116. The molecule has 1 fully saturated rings. The third kappa shape index (κ3) is 4.63. The standard InChI is InChI=1S/C17H23NO5/c1-20-14-9-12(10-15(21-2)17(14)22-3)6-7-16(19)18-11-13-5-4-8-23-13/h6-7,9-10,13H,4-5,8,11H2,1-3H3,(H,18,19)/b7-6+/t13-/m0/s1. The number of hydrogen-bond donors (Lipinski definition) is 1. The van der Waals surface area contributed by atoms with E-state index in [-0.39, 0.29) is 12.0 Å². The summed E-state index contributed by atoms with van der Waals surface area (Å²) < 4.78 is 21.3. The van der Waals surface area contributed by atoms with Crippen LogP contribution in [-0.2, 0) is 9.53 Å². The van der Waals surface area contributed by atoms with Crippen molar-refractivity contribution in [1.29, 1.82) is 0 Å². The number of rotatable bonds is 7. The number of amides is 1. The molecule has 2 rings (SSSR count). The molecular formula is C17H23NO5. The van der Waals surface area contributed by atoms with Crippen LogP contribution < -0.4 is 19.5 Å². The van der Waals surface area contributed by atoms with Crippen LogP contribution in [0.1, 0.15) is 18.4 Å². The molecule has 0 radical (unpaired) electrons. The topological polar surface area (TPSA) is 66.0 Å². The number of hydrogen-bond acceptors (Lipinski definition) is 5. The summed E-state index contributed by atoms with van der Waals surface area (Å²) >= 11 is 0. The van der Waals surface area contributed by atoms with Crippen LogP contribution in [0.5, 0.6) is 17.2 Å². The molecule has 0 bridgehead atoms. The van der Waals surface area contributed by atoms with Gasteiger partial charge >= 0.3 is 0 Å². The zero-order valence-corrected chi connectivity index (χ0v) is 13.8. The molecule has 6 heteroatoms. The molecule has 0 saturated carbocycles. The third-order valence-corrected chi connectivity index (χ3v) is 3.64. The van der Waals surface area contributed by atoms with Crippen molar-refractivity contribution >= 4 is 12.0 Å². The molecule has 0 aliphatic carbocycles. The molecule has 23 heavy (non-hydrogen) atoms. The van der Waals surface area contributed by atoms with Crippen LogP contribution in [0.4, 0.5) is 0 Å². The third-order valence-electron chi connectivity index (χ3n) is 3.64. The van der Waals surface area contributed by atoms with Crippen molar-refractivity contribution in [2.75, 3.05) is 34.5 Å². The summed E-state index contributed by atoms with van der Waals surface area (Å²) in [5.41, 5.74) is 0.784. The molecule has 0 spiro atoms. The van der Waals surface area contributed by atoms with Crippen LogP contribution in [0.3, 0.4) is 0 Å². The maximum atomic E-state index is 11.9. The fourth-order valence-corrected chi connectivity index (χ4v) is 2.45. The maximum Gasteiger partial charge on any atom is 0.244 e. The molecule has 126 valence electrons. The van der Waals surface area contributed by atoms with Crippen molar-refractivity contribution in [3.8, 4) is 17.2 Å². The summed E-state index contributed by atoms with van der Waals surface area (Å²) in [7, 11) is 4.66. The predicted molar refractivity (Wildman–Crippen MR) is 87.1 cm³/mol. The molecule has 1 heterocycles. The van der Waals surface area contributed by atoms with Crippen LogP contribution in [-0.4, -0.2) is 46.5 Å². The summed E-state index contributed by atoms with van der Waals surface area (Å²) in [6.07, 6.45) is 5.37. The largest absolute Gasteiger partial charge is 0.493 e. The fraction of sp³-hybridized carbons (Fsp3) is 0.471. The number of ether oxygens (including phenoxy) is 4. The molecule has 1 amide bonds. The zero-order chi connectivity index (χ0) is 16.7. The Morgan fingerprint density at radius 2 is 1.96 bits per heavy atom. The van der Waals surface area contributed by atoms with Crippen molar-refractivity contribution in [2.45, 2.75) is 18.9 Å². The van der Waals surface area contributed by atoms with E-state index in [2.05, 4.69) is 5.32 Å². The fourth-order valence-electron chi connectivity index (χ4n) is 2.45. The lowest BCUT2D eigenvalue weighted by Crippen LogP contribution is -2.30. The molecule has 0 unspecified atom stereocenters. The summed E-state index contributed by atoms with van der Waals surface area (Å²) in [6, 6.07) is 3.57.